The molecule has 6 nitrogen and oxygen atoms in total. The lowest BCUT2D eigenvalue weighted by Gasteiger charge is -2.05. The summed E-state index contributed by atoms with van der Waals surface area (Å²) in [5.74, 6) is 4.75. The summed E-state index contributed by atoms with van der Waals surface area (Å²) in [5, 5.41) is 14.8. The topological polar surface area (TPSA) is 88.3 Å². The molecule has 0 saturated heterocycles. The molecule has 7 heteroatoms. The first-order valence-corrected chi connectivity index (χ1v) is 6.13. The average molecular weight is 289 g/mol. The zero-order valence-corrected chi connectivity index (χ0v) is 11.0. The largest absolute Gasteiger partial charge is 0.395 e. The molecule has 2 rings (SSSR count). The van der Waals surface area contributed by atoms with Gasteiger partial charge in [-0.25, -0.2) is 4.39 Å². The summed E-state index contributed by atoms with van der Waals surface area (Å²) in [4.78, 5) is 15.8. The highest BCUT2D eigenvalue weighted by Gasteiger charge is 2.12. The fourth-order valence-corrected chi connectivity index (χ4v) is 1.56. The van der Waals surface area contributed by atoms with Crippen molar-refractivity contribution in [1.29, 1.82) is 0 Å². The number of nitrogens with one attached hydrogen (secondary N) is 1. The van der Waals surface area contributed by atoms with Gasteiger partial charge in [-0.1, -0.05) is 17.0 Å². The van der Waals surface area contributed by atoms with Crippen LogP contribution in [0.5, 0.6) is 0 Å². The number of hydrogen-bond acceptors (Lipinski definition) is 5. The molecule has 108 valence electrons. The van der Waals surface area contributed by atoms with Crippen LogP contribution in [-0.2, 0) is 6.54 Å². The minimum absolute atomic E-state index is 0.0935. The van der Waals surface area contributed by atoms with Gasteiger partial charge in [-0.2, -0.15) is 4.98 Å². The van der Waals surface area contributed by atoms with Gasteiger partial charge in [0.1, 0.15) is 5.82 Å². The number of aliphatic hydroxyl groups excluding tert-OH is 1. The van der Waals surface area contributed by atoms with Gasteiger partial charge in [0.25, 0.3) is 5.91 Å². The first-order chi connectivity index (χ1) is 10.2. The Balaban J connectivity index is 2.14. The Kier molecular flexibility index (Phi) is 5.01. The molecule has 1 aromatic carbocycles. The Bertz CT molecular complexity index is 675. The van der Waals surface area contributed by atoms with E-state index in [9.17, 15) is 9.18 Å². The van der Waals surface area contributed by atoms with Crippen LogP contribution in [0.4, 0.5) is 4.39 Å². The molecule has 0 atom stereocenters. The van der Waals surface area contributed by atoms with E-state index in [0.717, 1.165) is 6.39 Å². The zero-order valence-electron chi connectivity index (χ0n) is 11.0. The average Bonchev–Trinajstić information content (AvgIpc) is 2.98. The van der Waals surface area contributed by atoms with Crippen LogP contribution in [0.3, 0.4) is 0 Å². The fourth-order valence-electron chi connectivity index (χ4n) is 1.56. The van der Waals surface area contributed by atoms with Crippen molar-refractivity contribution in [1.82, 2.24) is 15.5 Å². The molecular weight excluding hydrogens is 277 g/mol. The second kappa shape index (κ2) is 7.17. The standard InChI is InChI=1S/C14H12FN3O3/c15-11-4-5-12(10(7-11)3-1-2-6-19)14(20)16-8-13-17-9-21-18-13/h4-5,7,9,19H,2,6,8H2,(H,16,20). The predicted molar refractivity (Wildman–Crippen MR) is 70.4 cm³/mol. The molecule has 2 aromatic rings. The summed E-state index contributed by atoms with van der Waals surface area (Å²) in [5.41, 5.74) is 0.499. The molecule has 0 bridgehead atoms. The summed E-state index contributed by atoms with van der Waals surface area (Å²) in [6.07, 6.45) is 1.41. The van der Waals surface area contributed by atoms with Gasteiger partial charge in [0, 0.05) is 12.0 Å². The number of carbonyl (C=O) groups is 1. The Morgan fingerprint density at radius 3 is 3.05 bits per heavy atom. The van der Waals surface area contributed by atoms with E-state index in [1.54, 1.807) is 0 Å². The van der Waals surface area contributed by atoms with E-state index >= 15 is 0 Å². The minimum Gasteiger partial charge on any atom is -0.395 e. The van der Waals surface area contributed by atoms with Crippen molar-refractivity contribution in [3.63, 3.8) is 0 Å². The van der Waals surface area contributed by atoms with E-state index < -0.39 is 11.7 Å². The van der Waals surface area contributed by atoms with E-state index in [1.807, 2.05) is 0 Å². The molecule has 0 fully saturated rings. The van der Waals surface area contributed by atoms with Crippen molar-refractivity contribution in [2.24, 2.45) is 0 Å². The van der Waals surface area contributed by atoms with E-state index in [0.29, 0.717) is 5.82 Å². The highest BCUT2D eigenvalue weighted by molar-refractivity contribution is 5.96. The van der Waals surface area contributed by atoms with Gasteiger partial charge in [-0.3, -0.25) is 4.79 Å². The van der Waals surface area contributed by atoms with Gasteiger partial charge >= 0.3 is 0 Å². The summed E-state index contributed by atoms with van der Waals surface area (Å²) >= 11 is 0. The molecule has 0 aliphatic heterocycles. The summed E-state index contributed by atoms with van der Waals surface area (Å²) in [7, 11) is 0. The van der Waals surface area contributed by atoms with Crippen molar-refractivity contribution in [2.75, 3.05) is 6.61 Å². The molecule has 0 saturated carbocycles. The maximum absolute atomic E-state index is 13.2. The van der Waals surface area contributed by atoms with Gasteiger partial charge in [0.15, 0.2) is 5.82 Å². The van der Waals surface area contributed by atoms with Gasteiger partial charge in [-0.15, -0.1) is 0 Å². The molecule has 0 spiro atoms. The van der Waals surface area contributed by atoms with Crippen LogP contribution in [0, 0.1) is 17.7 Å². The number of benzene rings is 1. The van der Waals surface area contributed by atoms with Gasteiger partial charge in [0.05, 0.1) is 18.7 Å². The predicted octanol–water partition coefficient (Wildman–Crippen LogP) is 0.873. The lowest BCUT2D eigenvalue weighted by Crippen LogP contribution is -2.24. The van der Waals surface area contributed by atoms with Crippen LogP contribution in [-0.4, -0.2) is 27.8 Å². The van der Waals surface area contributed by atoms with E-state index in [4.69, 9.17) is 5.11 Å². The number of amides is 1. The molecule has 1 aromatic heterocycles. The SMILES string of the molecule is O=C(NCc1ncon1)c1ccc(F)cc1C#CCCO. The van der Waals surface area contributed by atoms with Crippen LogP contribution in [0.1, 0.15) is 28.2 Å². The third-order valence-electron chi connectivity index (χ3n) is 2.50. The van der Waals surface area contributed by atoms with Crippen LogP contribution >= 0.6 is 0 Å². The van der Waals surface area contributed by atoms with Crippen molar-refractivity contribution >= 4 is 5.91 Å². The highest BCUT2D eigenvalue weighted by Crippen LogP contribution is 2.10. The third-order valence-corrected chi connectivity index (χ3v) is 2.50. The molecule has 1 heterocycles. The monoisotopic (exact) mass is 289 g/mol. The van der Waals surface area contributed by atoms with Gasteiger partial charge in [0.2, 0.25) is 6.39 Å². The van der Waals surface area contributed by atoms with E-state index in [1.165, 1.54) is 18.2 Å². The van der Waals surface area contributed by atoms with Crippen LogP contribution in [0.2, 0.25) is 0 Å². The second-order valence-corrected chi connectivity index (χ2v) is 4.00. The van der Waals surface area contributed by atoms with E-state index in [-0.39, 0.29) is 30.7 Å². The Morgan fingerprint density at radius 2 is 2.33 bits per heavy atom. The lowest BCUT2D eigenvalue weighted by molar-refractivity contribution is 0.0949. The first kappa shape index (κ1) is 14.7. The number of aliphatic hydroxyl groups is 1. The Morgan fingerprint density at radius 1 is 1.48 bits per heavy atom. The third kappa shape index (κ3) is 4.12. The number of hydrogen-bond donors (Lipinski definition) is 2. The first-order valence-electron chi connectivity index (χ1n) is 6.13. The van der Waals surface area contributed by atoms with Crippen LogP contribution in [0.15, 0.2) is 29.1 Å². The Labute approximate surface area is 120 Å². The zero-order chi connectivity index (χ0) is 15.1. The van der Waals surface area contributed by atoms with Gasteiger partial charge < -0.3 is 14.9 Å². The lowest BCUT2D eigenvalue weighted by atomic mass is 10.1. The maximum atomic E-state index is 13.2. The smallest absolute Gasteiger partial charge is 0.252 e. The number of aromatic nitrogens is 2. The van der Waals surface area contributed by atoms with Crippen molar-refractivity contribution in [3.8, 4) is 11.8 Å². The molecule has 2 N–H and O–H groups in total. The van der Waals surface area contributed by atoms with Gasteiger partial charge in [-0.05, 0) is 18.2 Å². The quantitative estimate of drug-likeness (QED) is 0.815. The maximum Gasteiger partial charge on any atom is 0.252 e. The summed E-state index contributed by atoms with van der Waals surface area (Å²) in [6, 6.07) is 3.71. The second-order valence-electron chi connectivity index (χ2n) is 4.00. The molecule has 1 amide bonds. The minimum atomic E-state index is -0.488. The van der Waals surface area contributed by atoms with Crippen molar-refractivity contribution in [3.05, 3.63) is 47.4 Å². The number of nitrogens with zero attached hydrogens (tertiary/aromatic N) is 2. The summed E-state index contributed by atoms with van der Waals surface area (Å²) < 4.78 is 17.8. The Hall–Kier alpha value is -2.72. The molecule has 21 heavy (non-hydrogen) atoms. The molecule has 0 unspecified atom stereocenters. The number of rotatable bonds is 4. The fraction of sp³-hybridized carbons (Fsp3) is 0.214. The number of halogens is 1. The molecule has 0 radical (unpaired) electrons. The van der Waals surface area contributed by atoms with Crippen molar-refractivity contribution < 1.29 is 18.8 Å². The van der Waals surface area contributed by atoms with Crippen molar-refractivity contribution in [2.45, 2.75) is 13.0 Å². The summed E-state index contributed by atoms with van der Waals surface area (Å²) in [6.45, 7) is -0.00209. The molecule has 0 aliphatic carbocycles. The van der Waals surface area contributed by atoms with Crippen LogP contribution in [0.25, 0.3) is 0 Å². The van der Waals surface area contributed by atoms with Crippen LogP contribution < -0.4 is 5.32 Å². The number of carbonyl (C=O) groups excluding carboxylic acids is 1. The molecule has 0 aliphatic rings. The highest BCUT2D eigenvalue weighted by atomic mass is 19.1. The van der Waals surface area contributed by atoms with E-state index in [2.05, 4.69) is 31.8 Å². The normalized spacial score (nSPS) is 9.81. The molecular formula is C14H12FN3O3.